The van der Waals surface area contributed by atoms with Crippen LogP contribution in [-0.4, -0.2) is 11.2 Å². The number of rotatable bonds is 5. The fourth-order valence-electron chi connectivity index (χ4n) is 1.02. The Bertz CT molecular complexity index is 473. The van der Waals surface area contributed by atoms with Gasteiger partial charge in [-0.15, -0.1) is 0 Å². The third-order valence-electron chi connectivity index (χ3n) is 1.82. The van der Waals surface area contributed by atoms with Gasteiger partial charge in [0, 0.05) is 0 Å². The molecule has 1 nitrogen and oxygen atoms in total. The van der Waals surface area contributed by atoms with Crippen LogP contribution in [-0.2, 0) is 0 Å². The molecule has 0 heterocycles. The summed E-state index contributed by atoms with van der Waals surface area (Å²) in [5.74, 6) is 15.9. The van der Waals surface area contributed by atoms with Crippen molar-refractivity contribution < 1.29 is 5.11 Å². The minimum absolute atomic E-state index is 0.349. The van der Waals surface area contributed by atoms with E-state index in [0.29, 0.717) is 0 Å². The van der Waals surface area contributed by atoms with Crippen molar-refractivity contribution in [1.29, 1.82) is 0 Å². The van der Waals surface area contributed by atoms with Gasteiger partial charge in [-0.05, 0) is 43.1 Å². The molecule has 0 fully saturated rings. The molecule has 0 aromatic rings. The predicted molar refractivity (Wildman–Crippen MR) is 77.3 cm³/mol. The molecule has 18 heavy (non-hydrogen) atoms. The van der Waals surface area contributed by atoms with Crippen LogP contribution >= 0.6 is 0 Å². The van der Waals surface area contributed by atoms with Gasteiger partial charge in [0.2, 0.25) is 0 Å². The molecule has 0 saturated carbocycles. The molecule has 0 aliphatic heterocycles. The second-order valence-electron chi connectivity index (χ2n) is 3.38. The van der Waals surface area contributed by atoms with E-state index < -0.39 is 0 Å². The SMILES string of the molecule is CC#CC#CC#CC=CC=CC=CC(O)CCC. The summed E-state index contributed by atoms with van der Waals surface area (Å²) in [5.41, 5.74) is 0. The van der Waals surface area contributed by atoms with Gasteiger partial charge in [0.25, 0.3) is 0 Å². The molecule has 0 radical (unpaired) electrons. The summed E-state index contributed by atoms with van der Waals surface area (Å²) in [5, 5.41) is 9.41. The first kappa shape index (κ1) is 15.9. The van der Waals surface area contributed by atoms with Gasteiger partial charge in [-0.1, -0.05) is 55.6 Å². The van der Waals surface area contributed by atoms with Crippen LogP contribution in [0.1, 0.15) is 26.7 Å². The van der Waals surface area contributed by atoms with E-state index in [9.17, 15) is 5.11 Å². The highest BCUT2D eigenvalue weighted by Crippen LogP contribution is 1.97. The molecule has 0 rings (SSSR count). The fraction of sp³-hybridized carbons (Fsp3) is 0.294. The van der Waals surface area contributed by atoms with Gasteiger partial charge in [-0.3, -0.25) is 0 Å². The van der Waals surface area contributed by atoms with Crippen molar-refractivity contribution in [3.8, 4) is 35.5 Å². The standard InChI is InChI=1S/C17H18O/c1-3-5-6-7-8-9-10-11-12-13-14-16-17(18)15-4-2/h10-14,16-18H,4,15H2,1-2H3. The number of aliphatic hydroxyl groups excluding tert-OH is 1. The maximum Gasteiger partial charge on any atom is 0.0723 e. The lowest BCUT2D eigenvalue weighted by molar-refractivity contribution is 0.211. The summed E-state index contributed by atoms with van der Waals surface area (Å²) < 4.78 is 0. The fourth-order valence-corrected chi connectivity index (χ4v) is 1.02. The van der Waals surface area contributed by atoms with Crippen molar-refractivity contribution in [3.05, 3.63) is 36.5 Å². The van der Waals surface area contributed by atoms with Gasteiger partial charge in [0.1, 0.15) is 0 Å². The van der Waals surface area contributed by atoms with E-state index in [1.807, 2.05) is 31.2 Å². The van der Waals surface area contributed by atoms with Crippen LogP contribution in [0.2, 0.25) is 0 Å². The highest BCUT2D eigenvalue weighted by Gasteiger charge is 1.92. The first-order chi connectivity index (χ1) is 8.81. The summed E-state index contributed by atoms with van der Waals surface area (Å²) in [4.78, 5) is 0. The molecule has 92 valence electrons. The Kier molecular flexibility index (Phi) is 11.4. The molecular formula is C17H18O. The minimum Gasteiger partial charge on any atom is -0.389 e. The first-order valence-corrected chi connectivity index (χ1v) is 5.91. The zero-order valence-electron chi connectivity index (χ0n) is 10.9. The van der Waals surface area contributed by atoms with E-state index in [0.717, 1.165) is 12.8 Å². The summed E-state index contributed by atoms with van der Waals surface area (Å²) in [6.07, 6.45) is 12.3. The predicted octanol–water partition coefficient (Wildman–Crippen LogP) is 2.85. The average Bonchev–Trinajstić information content (AvgIpc) is 2.36. The van der Waals surface area contributed by atoms with E-state index in [1.54, 1.807) is 19.1 Å². The second kappa shape index (κ2) is 12.9. The largest absolute Gasteiger partial charge is 0.389 e. The lowest BCUT2D eigenvalue weighted by Crippen LogP contribution is -1.99. The molecule has 0 spiro atoms. The van der Waals surface area contributed by atoms with E-state index in [-0.39, 0.29) is 6.10 Å². The average molecular weight is 238 g/mol. The molecule has 0 aliphatic rings. The molecule has 0 saturated heterocycles. The van der Waals surface area contributed by atoms with Crippen molar-refractivity contribution in [2.45, 2.75) is 32.8 Å². The summed E-state index contributed by atoms with van der Waals surface area (Å²) in [6, 6.07) is 0. The minimum atomic E-state index is -0.349. The second-order valence-corrected chi connectivity index (χ2v) is 3.38. The Balaban J connectivity index is 3.95. The first-order valence-electron chi connectivity index (χ1n) is 5.91. The third kappa shape index (κ3) is 11.9. The van der Waals surface area contributed by atoms with Gasteiger partial charge < -0.3 is 5.11 Å². The van der Waals surface area contributed by atoms with Gasteiger partial charge in [0.15, 0.2) is 0 Å². The molecular weight excluding hydrogens is 220 g/mol. The number of hydrogen-bond acceptors (Lipinski definition) is 1. The smallest absolute Gasteiger partial charge is 0.0723 e. The van der Waals surface area contributed by atoms with Gasteiger partial charge in [0.05, 0.1) is 6.10 Å². The highest BCUT2D eigenvalue weighted by atomic mass is 16.3. The van der Waals surface area contributed by atoms with Crippen LogP contribution in [0.4, 0.5) is 0 Å². The summed E-state index contributed by atoms with van der Waals surface area (Å²) >= 11 is 0. The van der Waals surface area contributed by atoms with Crippen LogP contribution in [0.3, 0.4) is 0 Å². The third-order valence-corrected chi connectivity index (χ3v) is 1.82. The normalized spacial score (nSPS) is 11.5. The molecule has 1 atom stereocenters. The number of hydrogen-bond donors (Lipinski definition) is 1. The lowest BCUT2D eigenvalue weighted by Gasteiger charge is -1.99. The lowest BCUT2D eigenvalue weighted by atomic mass is 10.2. The van der Waals surface area contributed by atoms with E-state index in [4.69, 9.17) is 0 Å². The molecule has 0 aliphatic carbocycles. The van der Waals surface area contributed by atoms with Crippen molar-refractivity contribution in [1.82, 2.24) is 0 Å². The maximum atomic E-state index is 9.41. The van der Waals surface area contributed by atoms with Crippen LogP contribution in [0.25, 0.3) is 0 Å². The summed E-state index contributed by atoms with van der Waals surface area (Å²) in [6.45, 7) is 3.78. The van der Waals surface area contributed by atoms with Gasteiger partial charge in [-0.2, -0.15) is 0 Å². The summed E-state index contributed by atoms with van der Waals surface area (Å²) in [7, 11) is 0. The van der Waals surface area contributed by atoms with E-state index >= 15 is 0 Å². The number of allylic oxidation sites excluding steroid dienone is 5. The van der Waals surface area contributed by atoms with Crippen LogP contribution in [0, 0.1) is 35.5 Å². The van der Waals surface area contributed by atoms with Crippen molar-refractivity contribution in [2.24, 2.45) is 0 Å². The molecule has 1 heteroatoms. The Morgan fingerprint density at radius 3 is 2.44 bits per heavy atom. The zero-order chi connectivity index (χ0) is 13.5. The van der Waals surface area contributed by atoms with Crippen LogP contribution < -0.4 is 0 Å². The Morgan fingerprint density at radius 1 is 1.00 bits per heavy atom. The van der Waals surface area contributed by atoms with Crippen molar-refractivity contribution in [3.63, 3.8) is 0 Å². The topological polar surface area (TPSA) is 20.2 Å². The highest BCUT2D eigenvalue weighted by molar-refractivity contribution is 5.37. The maximum absolute atomic E-state index is 9.41. The van der Waals surface area contributed by atoms with Crippen LogP contribution in [0.5, 0.6) is 0 Å². The molecule has 0 bridgehead atoms. The molecule has 1 unspecified atom stereocenters. The van der Waals surface area contributed by atoms with Gasteiger partial charge in [-0.25, -0.2) is 0 Å². The Morgan fingerprint density at radius 2 is 1.72 bits per heavy atom. The number of aliphatic hydroxyl groups is 1. The molecule has 0 aromatic heterocycles. The van der Waals surface area contributed by atoms with Gasteiger partial charge >= 0.3 is 0 Å². The van der Waals surface area contributed by atoms with Crippen molar-refractivity contribution in [2.75, 3.05) is 0 Å². The van der Waals surface area contributed by atoms with Crippen LogP contribution in [0.15, 0.2) is 36.5 Å². The van der Waals surface area contributed by atoms with Crippen molar-refractivity contribution >= 4 is 0 Å². The monoisotopic (exact) mass is 238 g/mol. The quantitative estimate of drug-likeness (QED) is 0.577. The Labute approximate surface area is 110 Å². The Hall–Kier alpha value is -2.14. The van der Waals surface area contributed by atoms with E-state index in [1.165, 1.54) is 0 Å². The molecule has 0 amide bonds. The zero-order valence-corrected chi connectivity index (χ0v) is 10.9. The molecule has 1 N–H and O–H groups in total. The molecule has 0 aromatic carbocycles. The van der Waals surface area contributed by atoms with E-state index in [2.05, 4.69) is 35.5 Å².